The van der Waals surface area contributed by atoms with Crippen molar-refractivity contribution >= 4 is 5.91 Å². The van der Waals surface area contributed by atoms with Gasteiger partial charge in [0.25, 0.3) is 0 Å². The van der Waals surface area contributed by atoms with Crippen molar-refractivity contribution in [3.63, 3.8) is 0 Å². The molecule has 0 spiro atoms. The van der Waals surface area contributed by atoms with Gasteiger partial charge in [-0.1, -0.05) is 13.8 Å². The summed E-state index contributed by atoms with van der Waals surface area (Å²) < 4.78 is 0. The molecular weight excluding hydrogens is 226 g/mol. The van der Waals surface area contributed by atoms with Crippen LogP contribution in [0.4, 0.5) is 0 Å². The first-order valence-corrected chi connectivity index (χ1v) is 7.11. The minimum Gasteiger partial charge on any atom is -0.342 e. The Bertz CT molecular complexity index is 229. The SMILES string of the molecule is CCN(CCCN(C)C)C(=O)C(CC)(CC)CN. The fourth-order valence-corrected chi connectivity index (χ4v) is 2.24. The lowest BCUT2D eigenvalue weighted by Gasteiger charge is -2.35. The molecule has 0 fully saturated rings. The van der Waals surface area contributed by atoms with Crippen LogP contribution in [0.1, 0.15) is 40.0 Å². The molecule has 108 valence electrons. The van der Waals surface area contributed by atoms with Gasteiger partial charge in [-0.15, -0.1) is 0 Å². The summed E-state index contributed by atoms with van der Waals surface area (Å²) in [6.45, 7) is 9.22. The minimum absolute atomic E-state index is 0.233. The van der Waals surface area contributed by atoms with E-state index in [1.165, 1.54) is 0 Å². The maximum atomic E-state index is 12.6. The van der Waals surface area contributed by atoms with E-state index in [1.54, 1.807) is 0 Å². The Hall–Kier alpha value is -0.610. The second kappa shape index (κ2) is 8.48. The van der Waals surface area contributed by atoms with E-state index in [0.717, 1.165) is 38.9 Å². The maximum Gasteiger partial charge on any atom is 0.230 e. The van der Waals surface area contributed by atoms with Crippen LogP contribution in [0.25, 0.3) is 0 Å². The van der Waals surface area contributed by atoms with Crippen LogP contribution in [-0.2, 0) is 4.79 Å². The summed E-state index contributed by atoms with van der Waals surface area (Å²) in [5.41, 5.74) is 5.49. The molecule has 0 atom stereocenters. The van der Waals surface area contributed by atoms with Gasteiger partial charge < -0.3 is 15.5 Å². The first-order valence-electron chi connectivity index (χ1n) is 7.11. The fraction of sp³-hybridized carbons (Fsp3) is 0.929. The lowest BCUT2D eigenvalue weighted by Crippen LogP contribution is -2.48. The smallest absolute Gasteiger partial charge is 0.230 e. The molecule has 0 aromatic heterocycles. The van der Waals surface area contributed by atoms with Crippen LogP contribution in [0.5, 0.6) is 0 Å². The molecule has 4 nitrogen and oxygen atoms in total. The van der Waals surface area contributed by atoms with Gasteiger partial charge in [0, 0.05) is 19.6 Å². The largest absolute Gasteiger partial charge is 0.342 e. The third-order valence-corrected chi connectivity index (χ3v) is 3.90. The molecule has 1 amide bonds. The molecule has 0 aromatic carbocycles. The van der Waals surface area contributed by atoms with Gasteiger partial charge >= 0.3 is 0 Å². The van der Waals surface area contributed by atoms with E-state index in [2.05, 4.69) is 32.8 Å². The van der Waals surface area contributed by atoms with Gasteiger partial charge in [0.2, 0.25) is 5.91 Å². The van der Waals surface area contributed by atoms with Crippen LogP contribution in [0.15, 0.2) is 0 Å². The van der Waals surface area contributed by atoms with Gasteiger partial charge in [-0.3, -0.25) is 4.79 Å². The summed E-state index contributed by atoms with van der Waals surface area (Å²) in [7, 11) is 4.11. The molecule has 0 aromatic rings. The topological polar surface area (TPSA) is 49.6 Å². The van der Waals surface area contributed by atoms with Crippen molar-refractivity contribution in [2.24, 2.45) is 11.1 Å². The van der Waals surface area contributed by atoms with Crippen LogP contribution in [-0.4, -0.2) is 56.0 Å². The molecule has 18 heavy (non-hydrogen) atoms. The summed E-state index contributed by atoms with van der Waals surface area (Å²) in [5.74, 6) is 0.233. The second-order valence-corrected chi connectivity index (χ2v) is 5.23. The van der Waals surface area contributed by atoms with Crippen molar-refractivity contribution in [1.29, 1.82) is 0 Å². The average molecular weight is 257 g/mol. The average Bonchev–Trinajstić information content (AvgIpc) is 2.37. The summed E-state index contributed by atoms with van der Waals surface area (Å²) in [5, 5.41) is 0. The van der Waals surface area contributed by atoms with Gasteiger partial charge in [0.15, 0.2) is 0 Å². The highest BCUT2D eigenvalue weighted by molar-refractivity contribution is 5.83. The van der Waals surface area contributed by atoms with Crippen molar-refractivity contribution in [2.45, 2.75) is 40.0 Å². The van der Waals surface area contributed by atoms with Crippen LogP contribution >= 0.6 is 0 Å². The monoisotopic (exact) mass is 257 g/mol. The highest BCUT2D eigenvalue weighted by Gasteiger charge is 2.36. The van der Waals surface area contributed by atoms with Crippen molar-refractivity contribution in [3.05, 3.63) is 0 Å². The Morgan fingerprint density at radius 3 is 2.00 bits per heavy atom. The Morgan fingerprint density at radius 2 is 1.67 bits per heavy atom. The van der Waals surface area contributed by atoms with Gasteiger partial charge in [-0.05, 0) is 46.8 Å². The zero-order valence-corrected chi connectivity index (χ0v) is 12.8. The van der Waals surface area contributed by atoms with E-state index in [0.29, 0.717) is 6.54 Å². The van der Waals surface area contributed by atoms with E-state index in [4.69, 9.17) is 5.73 Å². The van der Waals surface area contributed by atoms with Gasteiger partial charge in [-0.2, -0.15) is 0 Å². The van der Waals surface area contributed by atoms with Crippen molar-refractivity contribution < 1.29 is 4.79 Å². The number of rotatable bonds is 9. The highest BCUT2D eigenvalue weighted by Crippen LogP contribution is 2.27. The van der Waals surface area contributed by atoms with Crippen molar-refractivity contribution in [3.8, 4) is 0 Å². The molecule has 0 bridgehead atoms. The maximum absolute atomic E-state index is 12.6. The van der Waals surface area contributed by atoms with E-state index in [9.17, 15) is 4.79 Å². The molecule has 0 saturated carbocycles. The number of hydrogen-bond acceptors (Lipinski definition) is 3. The van der Waals surface area contributed by atoms with E-state index < -0.39 is 0 Å². The van der Waals surface area contributed by atoms with E-state index >= 15 is 0 Å². The molecular formula is C14H31N3O. The van der Waals surface area contributed by atoms with Crippen LogP contribution < -0.4 is 5.73 Å². The molecule has 0 radical (unpaired) electrons. The van der Waals surface area contributed by atoms with Crippen LogP contribution in [0, 0.1) is 5.41 Å². The normalized spacial score (nSPS) is 11.9. The first-order chi connectivity index (χ1) is 8.47. The van der Waals surface area contributed by atoms with E-state index in [1.807, 2.05) is 11.8 Å². The number of nitrogens with zero attached hydrogens (tertiary/aromatic N) is 2. The van der Waals surface area contributed by atoms with Gasteiger partial charge in [-0.25, -0.2) is 0 Å². The molecule has 0 aliphatic carbocycles. The van der Waals surface area contributed by atoms with Gasteiger partial charge in [0.05, 0.1) is 5.41 Å². The molecule has 0 rings (SSSR count). The summed E-state index contributed by atoms with van der Waals surface area (Å²) in [4.78, 5) is 16.7. The van der Waals surface area contributed by atoms with Crippen LogP contribution in [0.2, 0.25) is 0 Å². The molecule has 0 aliphatic rings. The second-order valence-electron chi connectivity index (χ2n) is 5.23. The molecule has 0 unspecified atom stereocenters. The standard InChI is InChI=1S/C14H31N3O/c1-6-14(7-2,12-15)13(18)17(8-3)11-9-10-16(4)5/h6-12,15H2,1-5H3. The fourth-order valence-electron chi connectivity index (χ4n) is 2.24. The lowest BCUT2D eigenvalue weighted by molar-refractivity contribution is -0.142. The summed E-state index contributed by atoms with van der Waals surface area (Å²) in [6.07, 6.45) is 2.66. The number of amides is 1. The molecule has 4 heteroatoms. The highest BCUT2D eigenvalue weighted by atomic mass is 16.2. The van der Waals surface area contributed by atoms with Crippen molar-refractivity contribution in [2.75, 3.05) is 40.3 Å². The zero-order valence-electron chi connectivity index (χ0n) is 12.8. The van der Waals surface area contributed by atoms with Gasteiger partial charge in [0.1, 0.15) is 0 Å². The Morgan fingerprint density at radius 1 is 1.11 bits per heavy atom. The molecule has 0 aliphatic heterocycles. The quantitative estimate of drug-likeness (QED) is 0.682. The Balaban J connectivity index is 4.58. The number of carbonyl (C=O) groups is 1. The molecule has 0 heterocycles. The third-order valence-electron chi connectivity index (χ3n) is 3.90. The summed E-state index contributed by atoms with van der Waals surface area (Å²) >= 11 is 0. The first kappa shape index (κ1) is 17.4. The summed E-state index contributed by atoms with van der Waals surface area (Å²) in [6, 6.07) is 0. The Kier molecular flexibility index (Phi) is 8.20. The number of nitrogens with two attached hydrogens (primary N) is 1. The third kappa shape index (κ3) is 4.58. The van der Waals surface area contributed by atoms with Crippen molar-refractivity contribution in [1.82, 2.24) is 9.80 Å². The molecule has 2 N–H and O–H groups in total. The van der Waals surface area contributed by atoms with Crippen LogP contribution in [0.3, 0.4) is 0 Å². The predicted molar refractivity (Wildman–Crippen MR) is 77.5 cm³/mol. The predicted octanol–water partition coefficient (Wildman–Crippen LogP) is 1.55. The lowest BCUT2D eigenvalue weighted by atomic mass is 9.81. The Labute approximate surface area is 113 Å². The van der Waals surface area contributed by atoms with E-state index in [-0.39, 0.29) is 11.3 Å². The number of carbonyl (C=O) groups excluding carboxylic acids is 1. The zero-order chi connectivity index (χ0) is 14.2. The molecule has 0 saturated heterocycles. The number of hydrogen-bond donors (Lipinski definition) is 1. The minimum atomic E-state index is -0.353.